The maximum absolute atomic E-state index is 5.90. The highest BCUT2D eigenvalue weighted by atomic mass is 32.5. The Bertz CT molecular complexity index is 208. The molecule has 0 saturated carbocycles. The van der Waals surface area contributed by atoms with E-state index in [4.69, 9.17) is 20.9 Å². The Morgan fingerprint density at radius 2 is 1.22 bits per heavy atom. The van der Waals surface area contributed by atoms with Crippen LogP contribution in [0.3, 0.4) is 0 Å². The van der Waals surface area contributed by atoms with E-state index in [9.17, 15) is 0 Å². The van der Waals surface area contributed by atoms with Gasteiger partial charge >= 0.3 is 0 Å². The molecule has 0 N–H and O–H groups in total. The minimum atomic E-state index is -1.99. The van der Waals surface area contributed by atoms with Crippen molar-refractivity contribution < 1.29 is 9.05 Å². The zero-order valence-corrected chi connectivity index (χ0v) is 14.2. The van der Waals surface area contributed by atoms with E-state index in [1.54, 1.807) is 0 Å². The minimum absolute atomic E-state index is 0.772. The maximum atomic E-state index is 5.90. The summed E-state index contributed by atoms with van der Waals surface area (Å²) in [5.41, 5.74) is 0. The fourth-order valence-electron chi connectivity index (χ4n) is 1.59. The van der Waals surface area contributed by atoms with Crippen molar-refractivity contribution in [2.75, 3.05) is 19.4 Å². The first-order valence-electron chi connectivity index (χ1n) is 7.56. The third kappa shape index (κ3) is 10.5. The van der Waals surface area contributed by atoms with Gasteiger partial charge in [0.25, 0.3) is 0 Å². The van der Waals surface area contributed by atoms with Crippen molar-refractivity contribution in [1.82, 2.24) is 0 Å². The Kier molecular flexibility index (Phi) is 13.0. The lowest BCUT2D eigenvalue weighted by molar-refractivity contribution is 0.240. The van der Waals surface area contributed by atoms with Crippen LogP contribution in [0.4, 0.5) is 0 Å². The molecule has 0 aliphatic rings. The standard InChI is InChI=1S/C14H31O2PS/c1-4-7-10-11-14-17(18,15-12-8-5-2)16-13-9-6-3/h4-14H2,1-3H3. The third-order valence-corrected chi connectivity index (χ3v) is 6.05. The van der Waals surface area contributed by atoms with E-state index >= 15 is 0 Å². The van der Waals surface area contributed by atoms with Crippen LogP contribution in [0.5, 0.6) is 0 Å². The highest BCUT2D eigenvalue weighted by molar-refractivity contribution is 8.09. The molecule has 2 nitrogen and oxygen atoms in total. The van der Waals surface area contributed by atoms with Crippen LogP contribution in [-0.2, 0) is 20.9 Å². The zero-order chi connectivity index (χ0) is 13.7. The van der Waals surface area contributed by atoms with Crippen molar-refractivity contribution in [1.29, 1.82) is 0 Å². The fourth-order valence-corrected chi connectivity index (χ4v) is 4.19. The Morgan fingerprint density at radius 3 is 1.67 bits per heavy atom. The normalized spacial score (nSPS) is 11.9. The highest BCUT2D eigenvalue weighted by Crippen LogP contribution is 2.49. The molecule has 0 atom stereocenters. The number of rotatable bonds is 13. The van der Waals surface area contributed by atoms with Gasteiger partial charge in [0.15, 0.2) is 6.49 Å². The van der Waals surface area contributed by atoms with Crippen molar-refractivity contribution in [3.63, 3.8) is 0 Å². The van der Waals surface area contributed by atoms with E-state index in [0.717, 1.165) is 51.5 Å². The molecule has 0 heterocycles. The van der Waals surface area contributed by atoms with E-state index < -0.39 is 6.49 Å². The van der Waals surface area contributed by atoms with Gasteiger partial charge in [0, 0.05) is 6.16 Å². The van der Waals surface area contributed by atoms with E-state index in [0.29, 0.717) is 0 Å². The molecule has 0 unspecified atom stereocenters. The Labute approximate surface area is 119 Å². The van der Waals surface area contributed by atoms with Crippen LogP contribution >= 0.6 is 6.49 Å². The lowest BCUT2D eigenvalue weighted by Crippen LogP contribution is -2.03. The van der Waals surface area contributed by atoms with Crippen LogP contribution < -0.4 is 0 Å². The van der Waals surface area contributed by atoms with E-state index in [1.165, 1.54) is 19.3 Å². The summed E-state index contributed by atoms with van der Waals surface area (Å²) in [6, 6.07) is 0. The van der Waals surface area contributed by atoms with Crippen molar-refractivity contribution in [2.24, 2.45) is 0 Å². The van der Waals surface area contributed by atoms with E-state index in [2.05, 4.69) is 20.8 Å². The largest absolute Gasteiger partial charge is 0.329 e. The predicted octanol–water partition coefficient (Wildman–Crippen LogP) is 5.51. The molecule has 4 heteroatoms. The molecule has 0 spiro atoms. The molecule has 0 radical (unpaired) electrons. The molecular weight excluding hydrogens is 263 g/mol. The van der Waals surface area contributed by atoms with Gasteiger partial charge in [-0.1, -0.05) is 52.9 Å². The van der Waals surface area contributed by atoms with Crippen LogP contribution in [-0.4, -0.2) is 19.4 Å². The third-order valence-electron chi connectivity index (χ3n) is 2.86. The van der Waals surface area contributed by atoms with Crippen LogP contribution in [0.15, 0.2) is 0 Å². The summed E-state index contributed by atoms with van der Waals surface area (Å²) in [5.74, 6) is 0. The lowest BCUT2D eigenvalue weighted by Gasteiger charge is -2.22. The highest BCUT2D eigenvalue weighted by Gasteiger charge is 2.18. The molecule has 0 aromatic heterocycles. The van der Waals surface area contributed by atoms with Gasteiger partial charge in [0.2, 0.25) is 0 Å². The number of unbranched alkanes of at least 4 members (excludes halogenated alkanes) is 5. The van der Waals surface area contributed by atoms with Crippen molar-refractivity contribution in [2.45, 2.75) is 72.1 Å². The van der Waals surface area contributed by atoms with Gasteiger partial charge in [-0.25, -0.2) is 0 Å². The molecule has 18 heavy (non-hydrogen) atoms. The zero-order valence-electron chi connectivity index (χ0n) is 12.5. The molecule has 0 fully saturated rings. The molecule has 0 aliphatic heterocycles. The molecule has 110 valence electrons. The van der Waals surface area contributed by atoms with Gasteiger partial charge in [-0.05, 0) is 31.1 Å². The minimum Gasteiger partial charge on any atom is -0.329 e. The Morgan fingerprint density at radius 1 is 0.722 bits per heavy atom. The van der Waals surface area contributed by atoms with Gasteiger partial charge in [0.05, 0.1) is 13.2 Å². The Hall–Kier alpha value is 0.570. The first kappa shape index (κ1) is 18.6. The molecule has 0 saturated heterocycles. The summed E-state index contributed by atoms with van der Waals surface area (Å²) in [6.07, 6.45) is 10.4. The molecule has 0 rings (SSSR count). The molecule has 0 amide bonds. The van der Waals surface area contributed by atoms with Gasteiger partial charge in [-0.3, -0.25) is 0 Å². The van der Waals surface area contributed by atoms with Crippen LogP contribution in [0, 0.1) is 0 Å². The topological polar surface area (TPSA) is 18.5 Å². The molecule has 0 aliphatic carbocycles. The number of hydrogen-bond donors (Lipinski definition) is 0. The maximum Gasteiger partial charge on any atom is 0.188 e. The van der Waals surface area contributed by atoms with Gasteiger partial charge in [-0.15, -0.1) is 0 Å². The van der Waals surface area contributed by atoms with Gasteiger partial charge in [-0.2, -0.15) is 0 Å². The monoisotopic (exact) mass is 294 g/mol. The summed E-state index contributed by atoms with van der Waals surface area (Å²) in [7, 11) is 0. The smallest absolute Gasteiger partial charge is 0.188 e. The average Bonchev–Trinajstić information content (AvgIpc) is 2.36. The molecular formula is C14H31O2PS. The summed E-state index contributed by atoms with van der Waals surface area (Å²) in [6.45, 7) is 6.13. The quantitative estimate of drug-likeness (QED) is 0.329. The molecule has 0 bridgehead atoms. The summed E-state index contributed by atoms with van der Waals surface area (Å²) < 4.78 is 11.8. The second-order valence-corrected chi connectivity index (χ2v) is 8.62. The second-order valence-electron chi connectivity index (χ2n) is 4.77. The first-order chi connectivity index (χ1) is 8.68. The SMILES string of the molecule is CCCCCCP(=S)(OCCCC)OCCCC. The van der Waals surface area contributed by atoms with Crippen LogP contribution in [0.2, 0.25) is 0 Å². The fraction of sp³-hybridized carbons (Fsp3) is 1.00. The lowest BCUT2D eigenvalue weighted by atomic mass is 10.2. The molecule has 0 aromatic carbocycles. The first-order valence-corrected chi connectivity index (χ1v) is 10.4. The second kappa shape index (κ2) is 12.6. The van der Waals surface area contributed by atoms with Crippen LogP contribution in [0.1, 0.15) is 72.1 Å². The van der Waals surface area contributed by atoms with Crippen molar-refractivity contribution in [3.05, 3.63) is 0 Å². The predicted molar refractivity (Wildman–Crippen MR) is 85.0 cm³/mol. The summed E-state index contributed by atoms with van der Waals surface area (Å²) in [4.78, 5) is 0. The van der Waals surface area contributed by atoms with Crippen molar-refractivity contribution >= 4 is 18.3 Å². The van der Waals surface area contributed by atoms with Crippen LogP contribution in [0.25, 0.3) is 0 Å². The Balaban J connectivity index is 3.99. The summed E-state index contributed by atoms with van der Waals surface area (Å²) in [5, 5.41) is 0. The van der Waals surface area contributed by atoms with Gasteiger partial charge in [0.1, 0.15) is 0 Å². The van der Waals surface area contributed by atoms with E-state index in [1.807, 2.05) is 0 Å². The van der Waals surface area contributed by atoms with Gasteiger partial charge < -0.3 is 9.05 Å². The average molecular weight is 294 g/mol. The van der Waals surface area contributed by atoms with E-state index in [-0.39, 0.29) is 0 Å². The molecule has 0 aromatic rings. The number of hydrogen-bond acceptors (Lipinski definition) is 3. The summed E-state index contributed by atoms with van der Waals surface area (Å²) >= 11 is 5.64. The van der Waals surface area contributed by atoms with Crippen molar-refractivity contribution in [3.8, 4) is 0 Å².